The van der Waals surface area contributed by atoms with Gasteiger partial charge in [-0.15, -0.1) is 5.10 Å². The number of unbranched alkanes of at least 4 members (excludes halogenated alkanes) is 1. The van der Waals surface area contributed by atoms with E-state index in [9.17, 15) is 4.79 Å². The minimum absolute atomic E-state index is 0.240. The highest BCUT2D eigenvalue weighted by atomic mass is 16.1. The van der Waals surface area contributed by atoms with Crippen molar-refractivity contribution in [3.05, 3.63) is 52.5 Å². The van der Waals surface area contributed by atoms with Gasteiger partial charge < -0.3 is 5.32 Å². The van der Waals surface area contributed by atoms with Gasteiger partial charge in [-0.25, -0.2) is 19.3 Å². The van der Waals surface area contributed by atoms with Crippen LogP contribution < -0.4 is 11.0 Å². The van der Waals surface area contributed by atoms with Crippen molar-refractivity contribution in [2.45, 2.75) is 32.6 Å². The van der Waals surface area contributed by atoms with Crippen molar-refractivity contribution in [3.8, 4) is 0 Å². The zero-order chi connectivity index (χ0) is 16.1. The van der Waals surface area contributed by atoms with E-state index in [0.717, 1.165) is 36.9 Å². The fourth-order valence-corrected chi connectivity index (χ4v) is 2.43. The summed E-state index contributed by atoms with van der Waals surface area (Å²) < 4.78 is 1.52. The van der Waals surface area contributed by atoms with E-state index in [0.29, 0.717) is 18.0 Å². The first-order valence-electron chi connectivity index (χ1n) is 7.87. The molecule has 120 valence electrons. The Morgan fingerprint density at radius 2 is 2.26 bits per heavy atom. The minimum Gasteiger partial charge on any atom is -0.367 e. The molecular weight excluding hydrogens is 292 g/mol. The van der Waals surface area contributed by atoms with Crippen molar-refractivity contribution >= 4 is 11.5 Å². The topological polar surface area (TPSA) is 88.0 Å². The van der Waals surface area contributed by atoms with E-state index < -0.39 is 0 Å². The number of aromatic nitrogens is 5. The summed E-state index contributed by atoms with van der Waals surface area (Å²) in [5.74, 6) is 0.640. The van der Waals surface area contributed by atoms with Crippen LogP contribution in [0.1, 0.15) is 31.0 Å². The summed E-state index contributed by atoms with van der Waals surface area (Å²) in [6.07, 6.45) is 9.18. The second-order valence-electron chi connectivity index (χ2n) is 5.44. The molecule has 3 rings (SSSR count). The molecule has 7 nitrogen and oxygen atoms in total. The van der Waals surface area contributed by atoms with Crippen LogP contribution in [0.4, 0.5) is 5.82 Å². The minimum atomic E-state index is -0.240. The van der Waals surface area contributed by atoms with E-state index in [1.165, 1.54) is 4.40 Å². The van der Waals surface area contributed by atoms with Gasteiger partial charge in [0.1, 0.15) is 0 Å². The number of nitrogens with one attached hydrogen (secondary N) is 2. The number of hydrogen-bond acceptors (Lipinski definition) is 5. The molecule has 2 N–H and O–H groups in total. The first-order valence-corrected chi connectivity index (χ1v) is 7.87. The largest absolute Gasteiger partial charge is 0.367 e. The van der Waals surface area contributed by atoms with Crippen molar-refractivity contribution in [3.63, 3.8) is 0 Å². The van der Waals surface area contributed by atoms with Gasteiger partial charge in [-0.1, -0.05) is 19.4 Å². The van der Waals surface area contributed by atoms with Crippen LogP contribution in [0.15, 0.2) is 35.5 Å². The summed E-state index contributed by atoms with van der Waals surface area (Å²) in [7, 11) is 0. The first kappa shape index (κ1) is 15.2. The lowest BCUT2D eigenvalue weighted by molar-refractivity contribution is 0.769. The molecule has 0 amide bonds. The molecule has 0 bridgehead atoms. The number of aromatic amines is 1. The predicted molar refractivity (Wildman–Crippen MR) is 88.7 cm³/mol. The quantitative estimate of drug-likeness (QED) is 0.694. The molecule has 0 saturated carbocycles. The molecule has 23 heavy (non-hydrogen) atoms. The maximum Gasteiger partial charge on any atom is 0.347 e. The SMILES string of the molecule is CCCCc1cn2c(=O)[nH]nc2c(NCCc2cccnc2)n1. The van der Waals surface area contributed by atoms with Gasteiger partial charge in [0.25, 0.3) is 0 Å². The molecule has 0 spiro atoms. The molecule has 0 saturated heterocycles. The number of aryl methyl sites for hydroxylation is 1. The Balaban J connectivity index is 1.79. The molecule has 7 heteroatoms. The van der Waals surface area contributed by atoms with E-state index in [1.807, 2.05) is 18.3 Å². The maximum atomic E-state index is 11.8. The van der Waals surface area contributed by atoms with Crippen molar-refractivity contribution in [1.29, 1.82) is 0 Å². The third-order valence-electron chi connectivity index (χ3n) is 3.67. The van der Waals surface area contributed by atoms with E-state index in [2.05, 4.69) is 32.4 Å². The van der Waals surface area contributed by atoms with E-state index in [4.69, 9.17) is 0 Å². The molecule has 0 atom stereocenters. The Hall–Kier alpha value is -2.70. The molecule has 3 heterocycles. The number of hydrogen-bond donors (Lipinski definition) is 2. The molecule has 0 aliphatic carbocycles. The standard InChI is InChI=1S/C16H20N6O/c1-2-3-6-13-11-22-15(20-21-16(22)23)14(19-13)18-9-7-12-5-4-8-17-10-12/h4-5,8,10-11H,2-3,6-7,9H2,1H3,(H,18,19)(H,21,23). The fraction of sp³-hybridized carbons (Fsp3) is 0.375. The molecule has 0 unspecified atom stereocenters. The summed E-state index contributed by atoms with van der Waals surface area (Å²) in [6, 6.07) is 3.96. The van der Waals surface area contributed by atoms with Gasteiger partial charge in [-0.2, -0.15) is 0 Å². The van der Waals surface area contributed by atoms with Crippen LogP contribution in [0, 0.1) is 0 Å². The van der Waals surface area contributed by atoms with E-state index in [-0.39, 0.29) is 5.69 Å². The second-order valence-corrected chi connectivity index (χ2v) is 5.44. The Kier molecular flexibility index (Phi) is 4.65. The molecule has 3 aromatic rings. The molecule has 0 aromatic carbocycles. The van der Waals surface area contributed by atoms with Crippen LogP contribution in [0.2, 0.25) is 0 Å². The first-order chi connectivity index (χ1) is 11.3. The smallest absolute Gasteiger partial charge is 0.347 e. The molecular formula is C16H20N6O. The van der Waals surface area contributed by atoms with Gasteiger partial charge in [0.2, 0.25) is 5.65 Å². The molecule has 0 radical (unpaired) electrons. The normalized spacial score (nSPS) is 11.0. The van der Waals surface area contributed by atoms with Crippen molar-refractivity contribution in [2.75, 3.05) is 11.9 Å². The number of nitrogens with zero attached hydrogens (tertiary/aromatic N) is 4. The van der Waals surface area contributed by atoms with Crippen molar-refractivity contribution in [1.82, 2.24) is 24.6 Å². The van der Waals surface area contributed by atoms with Gasteiger partial charge in [-0.05, 0) is 30.9 Å². The van der Waals surface area contributed by atoms with Crippen LogP contribution in [-0.4, -0.2) is 31.1 Å². The van der Waals surface area contributed by atoms with Gasteiger partial charge in [0.05, 0.1) is 5.69 Å². The predicted octanol–water partition coefficient (Wildman–Crippen LogP) is 1.81. The van der Waals surface area contributed by atoms with E-state index >= 15 is 0 Å². The summed E-state index contributed by atoms with van der Waals surface area (Å²) >= 11 is 0. The summed E-state index contributed by atoms with van der Waals surface area (Å²) in [6.45, 7) is 2.84. The molecule has 3 aromatic heterocycles. The number of anilines is 1. The van der Waals surface area contributed by atoms with E-state index in [1.54, 1.807) is 12.4 Å². The summed E-state index contributed by atoms with van der Waals surface area (Å²) in [4.78, 5) is 20.6. The Morgan fingerprint density at radius 1 is 1.35 bits per heavy atom. The van der Waals surface area contributed by atoms with Gasteiger partial charge in [0.15, 0.2) is 5.82 Å². The monoisotopic (exact) mass is 312 g/mol. The number of rotatable bonds is 7. The maximum absolute atomic E-state index is 11.8. The second kappa shape index (κ2) is 7.04. The van der Waals surface area contributed by atoms with Crippen LogP contribution >= 0.6 is 0 Å². The lowest BCUT2D eigenvalue weighted by Crippen LogP contribution is -2.14. The molecule has 0 aliphatic heterocycles. The van der Waals surface area contributed by atoms with Crippen LogP contribution in [0.3, 0.4) is 0 Å². The number of pyridine rings is 1. The summed E-state index contributed by atoms with van der Waals surface area (Å²) in [5, 5.41) is 9.81. The number of fused-ring (bicyclic) bond motifs is 1. The zero-order valence-corrected chi connectivity index (χ0v) is 13.1. The lowest BCUT2D eigenvalue weighted by atomic mass is 10.2. The zero-order valence-electron chi connectivity index (χ0n) is 13.1. The van der Waals surface area contributed by atoms with Gasteiger partial charge in [-0.3, -0.25) is 4.98 Å². The average molecular weight is 312 g/mol. The Morgan fingerprint density at radius 3 is 3.04 bits per heavy atom. The van der Waals surface area contributed by atoms with Crippen LogP contribution in [0.25, 0.3) is 5.65 Å². The number of H-pyrrole nitrogens is 1. The molecule has 0 aliphatic rings. The van der Waals surface area contributed by atoms with Crippen LogP contribution in [0.5, 0.6) is 0 Å². The third-order valence-corrected chi connectivity index (χ3v) is 3.67. The summed E-state index contributed by atoms with van der Waals surface area (Å²) in [5.41, 5.74) is 2.33. The van der Waals surface area contributed by atoms with Crippen molar-refractivity contribution < 1.29 is 0 Å². The highest BCUT2D eigenvalue weighted by molar-refractivity contribution is 5.62. The fourth-order valence-electron chi connectivity index (χ4n) is 2.43. The Bertz CT molecular complexity index is 823. The van der Waals surface area contributed by atoms with Gasteiger partial charge in [0, 0.05) is 25.1 Å². The van der Waals surface area contributed by atoms with Crippen LogP contribution in [-0.2, 0) is 12.8 Å². The highest BCUT2D eigenvalue weighted by Gasteiger charge is 2.10. The van der Waals surface area contributed by atoms with Crippen molar-refractivity contribution in [2.24, 2.45) is 0 Å². The lowest BCUT2D eigenvalue weighted by Gasteiger charge is -2.09. The Labute approximate surface area is 133 Å². The third kappa shape index (κ3) is 3.56. The average Bonchev–Trinajstić information content (AvgIpc) is 2.95. The van der Waals surface area contributed by atoms with Gasteiger partial charge >= 0.3 is 5.69 Å². The highest BCUT2D eigenvalue weighted by Crippen LogP contribution is 2.13. The molecule has 0 fully saturated rings.